The minimum absolute atomic E-state index is 0.0137. The predicted molar refractivity (Wildman–Crippen MR) is 128 cm³/mol. The number of para-hydroxylation sites is 2. The van der Waals surface area contributed by atoms with Gasteiger partial charge in [0.1, 0.15) is 11.4 Å². The number of piperidine rings is 1. The van der Waals surface area contributed by atoms with Gasteiger partial charge < -0.3 is 14.5 Å². The first-order chi connectivity index (χ1) is 15.8. The first-order valence-electron chi connectivity index (χ1n) is 11.2. The molecular formula is C23H30N4O5S. The molecule has 0 atom stereocenters. The van der Waals surface area contributed by atoms with Crippen molar-refractivity contribution in [1.29, 1.82) is 0 Å². The van der Waals surface area contributed by atoms with Crippen LogP contribution in [0.1, 0.15) is 19.8 Å². The molecule has 0 aliphatic carbocycles. The van der Waals surface area contributed by atoms with Crippen molar-refractivity contribution in [2.75, 3.05) is 56.2 Å². The van der Waals surface area contributed by atoms with E-state index >= 15 is 0 Å². The lowest BCUT2D eigenvalue weighted by Crippen LogP contribution is -2.46. The molecule has 0 spiro atoms. The highest BCUT2D eigenvalue weighted by Gasteiger charge is 2.31. The zero-order valence-electron chi connectivity index (χ0n) is 19.0. The fourth-order valence-corrected chi connectivity index (χ4v) is 6.02. The molecule has 2 fully saturated rings. The van der Waals surface area contributed by atoms with Crippen molar-refractivity contribution in [2.45, 2.75) is 24.7 Å². The quantitative estimate of drug-likeness (QED) is 0.468. The first-order valence-corrected chi connectivity index (χ1v) is 12.7. The molecule has 0 amide bonds. The molecule has 0 aromatic heterocycles. The molecule has 2 heterocycles. The normalized spacial score (nSPS) is 18.4. The van der Waals surface area contributed by atoms with Crippen molar-refractivity contribution < 1.29 is 18.1 Å². The molecule has 0 bridgehead atoms. The zero-order chi connectivity index (χ0) is 23.6. The van der Waals surface area contributed by atoms with Gasteiger partial charge in [-0.3, -0.25) is 10.1 Å². The lowest BCUT2D eigenvalue weighted by molar-refractivity contribution is -0.384. The van der Waals surface area contributed by atoms with Gasteiger partial charge in [0.15, 0.2) is 0 Å². The van der Waals surface area contributed by atoms with Crippen LogP contribution in [0.5, 0.6) is 5.75 Å². The molecule has 0 saturated carbocycles. The SMILES string of the molecule is COc1ccccc1N1CCN(c2ccc(S(=O)(=O)N3CCC(C)CC3)cc2[N+](=O)[O-])CC1. The van der Waals surface area contributed by atoms with Crippen LogP contribution >= 0.6 is 0 Å². The maximum Gasteiger partial charge on any atom is 0.293 e. The summed E-state index contributed by atoms with van der Waals surface area (Å²) < 4.78 is 33.1. The summed E-state index contributed by atoms with van der Waals surface area (Å²) in [6.07, 6.45) is 1.60. The Morgan fingerprint density at radius 1 is 0.939 bits per heavy atom. The van der Waals surface area contributed by atoms with Gasteiger partial charge in [-0.2, -0.15) is 4.31 Å². The van der Waals surface area contributed by atoms with Gasteiger partial charge in [-0.15, -0.1) is 0 Å². The molecule has 0 unspecified atom stereocenters. The summed E-state index contributed by atoms with van der Waals surface area (Å²) in [7, 11) is -2.12. The van der Waals surface area contributed by atoms with Crippen LogP contribution in [0, 0.1) is 16.0 Å². The fourth-order valence-electron chi connectivity index (χ4n) is 4.53. The number of hydrogen-bond donors (Lipinski definition) is 0. The van der Waals surface area contributed by atoms with Crippen LogP contribution in [0.4, 0.5) is 17.1 Å². The highest BCUT2D eigenvalue weighted by molar-refractivity contribution is 7.89. The Kier molecular flexibility index (Phi) is 6.76. The number of methoxy groups -OCH3 is 1. The van der Waals surface area contributed by atoms with Crippen molar-refractivity contribution in [3.63, 3.8) is 0 Å². The lowest BCUT2D eigenvalue weighted by atomic mass is 10.0. The number of nitro benzene ring substituents is 1. The molecule has 0 radical (unpaired) electrons. The predicted octanol–water partition coefficient (Wildman–Crippen LogP) is 3.35. The second-order valence-electron chi connectivity index (χ2n) is 8.64. The molecule has 2 saturated heterocycles. The topological polar surface area (TPSA) is 96.2 Å². The first kappa shape index (κ1) is 23.3. The summed E-state index contributed by atoms with van der Waals surface area (Å²) in [6.45, 7) is 5.50. The number of sulfonamides is 1. The van der Waals surface area contributed by atoms with E-state index in [-0.39, 0.29) is 10.6 Å². The van der Waals surface area contributed by atoms with Crippen LogP contribution in [0.25, 0.3) is 0 Å². The Labute approximate surface area is 194 Å². The molecule has 2 aliphatic rings. The van der Waals surface area contributed by atoms with E-state index in [0.29, 0.717) is 50.9 Å². The number of piperazine rings is 1. The van der Waals surface area contributed by atoms with E-state index in [1.807, 2.05) is 29.2 Å². The minimum atomic E-state index is -3.75. The van der Waals surface area contributed by atoms with Gasteiger partial charge in [-0.25, -0.2) is 8.42 Å². The Bertz CT molecular complexity index is 1110. The number of nitrogens with zero attached hydrogens (tertiary/aromatic N) is 4. The van der Waals surface area contributed by atoms with E-state index in [0.717, 1.165) is 24.3 Å². The van der Waals surface area contributed by atoms with Crippen LogP contribution < -0.4 is 14.5 Å². The van der Waals surface area contributed by atoms with Crippen molar-refractivity contribution in [3.05, 3.63) is 52.6 Å². The van der Waals surface area contributed by atoms with Crippen LogP contribution in [-0.4, -0.2) is 64.0 Å². The third-order valence-electron chi connectivity index (χ3n) is 6.57. The summed E-state index contributed by atoms with van der Waals surface area (Å²) in [6, 6.07) is 12.1. The molecule has 4 rings (SSSR count). The molecule has 10 heteroatoms. The number of benzene rings is 2. The molecule has 33 heavy (non-hydrogen) atoms. The van der Waals surface area contributed by atoms with Gasteiger partial charge in [-0.1, -0.05) is 19.1 Å². The summed E-state index contributed by atoms with van der Waals surface area (Å²) in [5.74, 6) is 1.28. The highest BCUT2D eigenvalue weighted by atomic mass is 32.2. The standard InChI is InChI=1S/C23H30N4O5S/c1-18-9-11-26(12-10-18)33(30,31)19-7-8-20(22(17-19)27(28)29)24-13-15-25(16-14-24)21-5-3-4-6-23(21)32-2/h3-8,17-18H,9-16H2,1-2H3. The average molecular weight is 475 g/mol. The minimum Gasteiger partial charge on any atom is -0.495 e. The average Bonchev–Trinajstić information content (AvgIpc) is 2.84. The second-order valence-corrected chi connectivity index (χ2v) is 10.6. The van der Waals surface area contributed by atoms with E-state index in [1.54, 1.807) is 13.2 Å². The van der Waals surface area contributed by atoms with Gasteiger partial charge in [0.05, 0.1) is 22.6 Å². The van der Waals surface area contributed by atoms with E-state index < -0.39 is 14.9 Å². The third kappa shape index (κ3) is 4.77. The molecule has 2 aliphatic heterocycles. The van der Waals surface area contributed by atoms with Crippen LogP contribution in [0.15, 0.2) is 47.4 Å². The molecule has 178 valence electrons. The number of hydrogen-bond acceptors (Lipinski definition) is 7. The molecule has 2 aromatic rings. The van der Waals surface area contributed by atoms with Crippen LogP contribution in [0.3, 0.4) is 0 Å². The Balaban J connectivity index is 1.54. The van der Waals surface area contributed by atoms with Gasteiger partial charge in [0.25, 0.3) is 5.69 Å². The van der Waals surface area contributed by atoms with Gasteiger partial charge >= 0.3 is 0 Å². The van der Waals surface area contributed by atoms with Crippen molar-refractivity contribution in [1.82, 2.24) is 4.31 Å². The van der Waals surface area contributed by atoms with Crippen molar-refractivity contribution in [3.8, 4) is 5.75 Å². The van der Waals surface area contributed by atoms with E-state index in [9.17, 15) is 18.5 Å². The number of ether oxygens (including phenoxy) is 1. The summed E-state index contributed by atoms with van der Waals surface area (Å²) in [5.41, 5.74) is 1.27. The summed E-state index contributed by atoms with van der Waals surface area (Å²) in [4.78, 5) is 15.5. The number of rotatable bonds is 6. The monoisotopic (exact) mass is 474 g/mol. The maximum atomic E-state index is 13.1. The Morgan fingerprint density at radius 3 is 2.15 bits per heavy atom. The van der Waals surface area contributed by atoms with Crippen LogP contribution in [-0.2, 0) is 10.0 Å². The number of anilines is 2. The molecule has 9 nitrogen and oxygen atoms in total. The Hall–Kier alpha value is -2.85. The smallest absolute Gasteiger partial charge is 0.293 e. The molecule has 2 aromatic carbocycles. The van der Waals surface area contributed by atoms with Gasteiger partial charge in [0.2, 0.25) is 10.0 Å². The van der Waals surface area contributed by atoms with Gasteiger partial charge in [-0.05, 0) is 43.0 Å². The highest BCUT2D eigenvalue weighted by Crippen LogP contribution is 2.35. The zero-order valence-corrected chi connectivity index (χ0v) is 19.8. The maximum absolute atomic E-state index is 13.1. The van der Waals surface area contributed by atoms with Crippen LogP contribution in [0.2, 0.25) is 0 Å². The van der Waals surface area contributed by atoms with E-state index in [2.05, 4.69) is 11.8 Å². The lowest BCUT2D eigenvalue weighted by Gasteiger charge is -2.37. The van der Waals surface area contributed by atoms with Crippen molar-refractivity contribution in [2.24, 2.45) is 5.92 Å². The molecule has 0 N–H and O–H groups in total. The number of nitro groups is 1. The summed E-state index contributed by atoms with van der Waals surface area (Å²) >= 11 is 0. The second kappa shape index (κ2) is 9.56. The largest absolute Gasteiger partial charge is 0.495 e. The Morgan fingerprint density at radius 2 is 1.55 bits per heavy atom. The van der Waals surface area contributed by atoms with Gasteiger partial charge in [0, 0.05) is 45.3 Å². The summed E-state index contributed by atoms with van der Waals surface area (Å²) in [5, 5.41) is 11.9. The van der Waals surface area contributed by atoms with E-state index in [4.69, 9.17) is 4.74 Å². The van der Waals surface area contributed by atoms with E-state index in [1.165, 1.54) is 16.4 Å². The third-order valence-corrected chi connectivity index (χ3v) is 8.46. The fraction of sp³-hybridized carbons (Fsp3) is 0.478. The van der Waals surface area contributed by atoms with Crippen molar-refractivity contribution >= 4 is 27.1 Å². The molecular weight excluding hydrogens is 444 g/mol.